The van der Waals surface area contributed by atoms with Gasteiger partial charge in [0.05, 0.1) is 4.90 Å². The first-order valence-electron chi connectivity index (χ1n) is 6.97. The number of rotatable bonds is 4. The van der Waals surface area contributed by atoms with Crippen molar-refractivity contribution in [3.05, 3.63) is 29.3 Å². The van der Waals surface area contributed by atoms with Gasteiger partial charge < -0.3 is 9.64 Å². The molecule has 1 aliphatic rings. The molecule has 1 aliphatic heterocycles. The molecule has 2 rings (SSSR count). The third kappa shape index (κ3) is 4.43. The van der Waals surface area contributed by atoms with Crippen LogP contribution in [0.3, 0.4) is 0 Å². The fourth-order valence-corrected chi connectivity index (χ4v) is 3.93. The van der Waals surface area contributed by atoms with Gasteiger partial charge in [-0.3, -0.25) is 9.59 Å². The standard InChI is InChI=1S/C14H17ClN2O5S/c1-11(18)22-10-14(19)16-5-7-17(8-6-16)23(20,21)13-4-2-3-12(15)9-13/h2-4,9H,5-8,10H2,1H3. The molecule has 0 aromatic heterocycles. The predicted molar refractivity (Wildman–Crippen MR) is 83.4 cm³/mol. The highest BCUT2D eigenvalue weighted by Gasteiger charge is 2.30. The number of hydrogen-bond donors (Lipinski definition) is 0. The molecular weight excluding hydrogens is 344 g/mol. The minimum Gasteiger partial charge on any atom is -0.456 e. The number of piperazine rings is 1. The maximum absolute atomic E-state index is 12.5. The second kappa shape index (κ2) is 7.29. The molecular formula is C14H17ClN2O5S. The molecule has 0 unspecified atom stereocenters. The van der Waals surface area contributed by atoms with Crippen molar-refractivity contribution in [1.82, 2.24) is 9.21 Å². The molecule has 0 atom stereocenters. The number of carbonyl (C=O) groups is 2. The molecule has 1 aromatic carbocycles. The SMILES string of the molecule is CC(=O)OCC(=O)N1CCN(S(=O)(=O)c2cccc(Cl)c2)CC1. The van der Waals surface area contributed by atoms with Crippen molar-refractivity contribution in [2.75, 3.05) is 32.8 Å². The Morgan fingerprint density at radius 2 is 1.87 bits per heavy atom. The van der Waals surface area contributed by atoms with Gasteiger partial charge in [0.2, 0.25) is 10.0 Å². The maximum atomic E-state index is 12.5. The molecule has 0 radical (unpaired) electrons. The highest BCUT2D eigenvalue weighted by Crippen LogP contribution is 2.20. The highest BCUT2D eigenvalue weighted by molar-refractivity contribution is 7.89. The van der Waals surface area contributed by atoms with Crippen molar-refractivity contribution in [1.29, 1.82) is 0 Å². The fraction of sp³-hybridized carbons (Fsp3) is 0.429. The molecule has 1 fully saturated rings. The lowest BCUT2D eigenvalue weighted by Crippen LogP contribution is -2.51. The van der Waals surface area contributed by atoms with E-state index in [4.69, 9.17) is 11.6 Å². The Balaban J connectivity index is 1.98. The lowest BCUT2D eigenvalue weighted by Gasteiger charge is -2.33. The second-order valence-corrected chi connectivity index (χ2v) is 7.40. The van der Waals surface area contributed by atoms with Gasteiger partial charge in [-0.25, -0.2) is 8.42 Å². The van der Waals surface area contributed by atoms with Crippen LogP contribution >= 0.6 is 11.6 Å². The molecule has 126 valence electrons. The zero-order chi connectivity index (χ0) is 17.0. The Kier molecular flexibility index (Phi) is 5.61. The minimum absolute atomic E-state index is 0.129. The molecule has 0 saturated carbocycles. The average molecular weight is 361 g/mol. The zero-order valence-corrected chi connectivity index (χ0v) is 14.1. The first-order valence-corrected chi connectivity index (χ1v) is 8.79. The van der Waals surface area contributed by atoms with E-state index in [9.17, 15) is 18.0 Å². The first-order chi connectivity index (χ1) is 10.8. The normalized spacial score (nSPS) is 16.2. The summed E-state index contributed by atoms with van der Waals surface area (Å²) in [6, 6.07) is 6.06. The number of ether oxygens (including phenoxy) is 1. The van der Waals surface area contributed by atoms with E-state index >= 15 is 0 Å². The number of halogens is 1. The van der Waals surface area contributed by atoms with Crippen LogP contribution in [0.5, 0.6) is 0 Å². The smallest absolute Gasteiger partial charge is 0.303 e. The van der Waals surface area contributed by atoms with Crippen molar-refractivity contribution in [3.8, 4) is 0 Å². The number of carbonyl (C=O) groups excluding carboxylic acids is 2. The van der Waals surface area contributed by atoms with Crippen LogP contribution < -0.4 is 0 Å². The summed E-state index contributed by atoms with van der Waals surface area (Å²) in [4.78, 5) is 24.2. The topological polar surface area (TPSA) is 84.0 Å². The number of benzene rings is 1. The number of sulfonamides is 1. The number of hydrogen-bond acceptors (Lipinski definition) is 5. The van der Waals surface area contributed by atoms with E-state index < -0.39 is 16.0 Å². The van der Waals surface area contributed by atoms with Crippen LogP contribution in [-0.4, -0.2) is 62.3 Å². The van der Waals surface area contributed by atoms with Gasteiger partial charge in [0.1, 0.15) is 0 Å². The van der Waals surface area contributed by atoms with Gasteiger partial charge in [0, 0.05) is 38.1 Å². The molecule has 0 spiro atoms. The quantitative estimate of drug-likeness (QED) is 0.739. The summed E-state index contributed by atoms with van der Waals surface area (Å²) < 4.78 is 31.0. The molecule has 1 aromatic rings. The Bertz CT molecular complexity index is 699. The van der Waals surface area contributed by atoms with E-state index in [0.29, 0.717) is 5.02 Å². The summed E-state index contributed by atoms with van der Waals surface area (Å²) >= 11 is 5.84. The van der Waals surface area contributed by atoms with Gasteiger partial charge >= 0.3 is 5.97 Å². The largest absolute Gasteiger partial charge is 0.456 e. The van der Waals surface area contributed by atoms with Gasteiger partial charge in [0.15, 0.2) is 6.61 Å². The number of amides is 1. The van der Waals surface area contributed by atoms with Crippen molar-refractivity contribution >= 4 is 33.5 Å². The Hall–Kier alpha value is -1.64. The summed E-state index contributed by atoms with van der Waals surface area (Å²) in [5, 5.41) is 0.348. The highest BCUT2D eigenvalue weighted by atomic mass is 35.5. The van der Waals surface area contributed by atoms with Crippen LogP contribution in [0.15, 0.2) is 29.2 Å². The van der Waals surface area contributed by atoms with E-state index in [2.05, 4.69) is 4.74 Å². The van der Waals surface area contributed by atoms with Crippen LogP contribution in [0.2, 0.25) is 5.02 Å². The van der Waals surface area contributed by atoms with Crippen molar-refractivity contribution in [2.45, 2.75) is 11.8 Å². The molecule has 1 heterocycles. The van der Waals surface area contributed by atoms with Gasteiger partial charge in [-0.2, -0.15) is 4.31 Å². The van der Waals surface area contributed by atoms with Crippen molar-refractivity contribution in [2.24, 2.45) is 0 Å². The molecule has 0 N–H and O–H groups in total. The number of esters is 1. The molecule has 23 heavy (non-hydrogen) atoms. The van der Waals surface area contributed by atoms with Crippen LogP contribution in [0.1, 0.15) is 6.92 Å². The summed E-state index contributed by atoms with van der Waals surface area (Å²) in [7, 11) is -3.63. The van der Waals surface area contributed by atoms with Gasteiger partial charge in [-0.05, 0) is 18.2 Å². The van der Waals surface area contributed by atoms with E-state index in [0.717, 1.165) is 0 Å². The van der Waals surface area contributed by atoms with Crippen LogP contribution in [-0.2, 0) is 24.3 Å². The first kappa shape index (κ1) is 17.7. The van der Waals surface area contributed by atoms with Gasteiger partial charge in [0.25, 0.3) is 5.91 Å². The Morgan fingerprint density at radius 1 is 1.22 bits per heavy atom. The molecule has 0 aliphatic carbocycles. The third-order valence-electron chi connectivity index (χ3n) is 3.42. The van der Waals surface area contributed by atoms with Crippen LogP contribution in [0.25, 0.3) is 0 Å². The molecule has 1 amide bonds. The van der Waals surface area contributed by atoms with E-state index in [1.54, 1.807) is 12.1 Å². The Labute approximate surface area is 139 Å². The van der Waals surface area contributed by atoms with Crippen molar-refractivity contribution in [3.63, 3.8) is 0 Å². The molecule has 7 nitrogen and oxygen atoms in total. The van der Waals surface area contributed by atoms with Crippen molar-refractivity contribution < 1.29 is 22.7 Å². The van der Waals surface area contributed by atoms with E-state index in [-0.39, 0.29) is 43.6 Å². The number of nitrogens with zero attached hydrogens (tertiary/aromatic N) is 2. The van der Waals surface area contributed by atoms with Crippen LogP contribution in [0, 0.1) is 0 Å². The molecule has 1 saturated heterocycles. The average Bonchev–Trinajstić information content (AvgIpc) is 2.52. The zero-order valence-electron chi connectivity index (χ0n) is 12.6. The lowest BCUT2D eigenvalue weighted by molar-refractivity contribution is -0.150. The summed E-state index contributed by atoms with van der Waals surface area (Å²) in [6.45, 7) is 1.76. The van der Waals surface area contributed by atoms with Gasteiger partial charge in [-0.15, -0.1) is 0 Å². The summed E-state index contributed by atoms with van der Waals surface area (Å²) in [5.41, 5.74) is 0. The van der Waals surface area contributed by atoms with E-state index in [1.165, 1.54) is 28.3 Å². The molecule has 0 bridgehead atoms. The Morgan fingerprint density at radius 3 is 2.43 bits per heavy atom. The lowest BCUT2D eigenvalue weighted by atomic mass is 10.3. The monoisotopic (exact) mass is 360 g/mol. The van der Waals surface area contributed by atoms with Gasteiger partial charge in [-0.1, -0.05) is 17.7 Å². The minimum atomic E-state index is -3.63. The fourth-order valence-electron chi connectivity index (χ4n) is 2.21. The summed E-state index contributed by atoms with van der Waals surface area (Å²) in [5.74, 6) is -0.861. The third-order valence-corrected chi connectivity index (χ3v) is 5.55. The second-order valence-electron chi connectivity index (χ2n) is 5.02. The van der Waals surface area contributed by atoms with Crippen LogP contribution in [0.4, 0.5) is 0 Å². The molecule has 9 heteroatoms. The van der Waals surface area contributed by atoms with E-state index in [1.807, 2.05) is 0 Å². The summed E-state index contributed by atoms with van der Waals surface area (Å²) in [6.07, 6.45) is 0. The maximum Gasteiger partial charge on any atom is 0.303 e. The predicted octanol–water partition coefficient (Wildman–Crippen LogP) is 0.736.